The zero-order chi connectivity index (χ0) is 16.5. The number of carbonyl (C=O) groups excluding carboxylic acids is 1. The Bertz CT molecular complexity index is 761. The minimum atomic E-state index is -0.292. The number of ether oxygens (including phenoxy) is 1. The minimum absolute atomic E-state index is 0.136. The highest BCUT2D eigenvalue weighted by atomic mass is 32.2. The number of para-hydroxylation sites is 1. The fourth-order valence-electron chi connectivity index (χ4n) is 1.77. The minimum Gasteiger partial charge on any atom is -0.484 e. The van der Waals surface area contributed by atoms with Gasteiger partial charge in [0.25, 0.3) is 5.91 Å². The monoisotopic (exact) mass is 323 g/mol. The van der Waals surface area contributed by atoms with Crippen molar-refractivity contribution in [1.29, 1.82) is 10.5 Å². The zero-order valence-electron chi connectivity index (χ0n) is 12.2. The van der Waals surface area contributed by atoms with E-state index in [0.29, 0.717) is 22.8 Å². The van der Waals surface area contributed by atoms with Crippen LogP contribution in [0.25, 0.3) is 0 Å². The average Bonchev–Trinajstić information content (AvgIpc) is 2.59. The van der Waals surface area contributed by atoms with E-state index in [1.807, 2.05) is 24.3 Å². The molecule has 0 fully saturated rings. The topological polar surface area (TPSA) is 85.9 Å². The van der Waals surface area contributed by atoms with Crippen LogP contribution in [0.3, 0.4) is 0 Å². The maximum atomic E-state index is 12.0. The van der Waals surface area contributed by atoms with E-state index in [9.17, 15) is 4.79 Å². The fraction of sp³-hybridized carbons (Fsp3) is 0.118. The lowest BCUT2D eigenvalue weighted by atomic mass is 10.2. The van der Waals surface area contributed by atoms with E-state index in [1.54, 1.807) is 30.3 Å². The first-order valence-electron chi connectivity index (χ1n) is 6.74. The number of rotatable bonds is 6. The highest BCUT2D eigenvalue weighted by Crippen LogP contribution is 2.26. The van der Waals surface area contributed by atoms with Crippen molar-refractivity contribution >= 4 is 23.4 Å². The summed E-state index contributed by atoms with van der Waals surface area (Å²) in [5.41, 5.74) is 1.19. The second kappa shape index (κ2) is 8.47. The second-order valence-corrected chi connectivity index (χ2v) is 5.43. The molecule has 2 aromatic rings. The normalized spacial score (nSPS) is 9.48. The fourth-order valence-corrected chi connectivity index (χ4v) is 2.44. The first-order chi connectivity index (χ1) is 11.2. The van der Waals surface area contributed by atoms with Crippen molar-refractivity contribution in [2.45, 2.75) is 4.90 Å². The molecule has 0 bridgehead atoms. The quantitative estimate of drug-likeness (QED) is 0.825. The average molecular weight is 323 g/mol. The van der Waals surface area contributed by atoms with E-state index in [1.165, 1.54) is 11.8 Å². The Hall–Kier alpha value is -2.96. The molecular weight excluding hydrogens is 310 g/mol. The Morgan fingerprint density at radius 3 is 2.57 bits per heavy atom. The number of benzene rings is 2. The highest BCUT2D eigenvalue weighted by molar-refractivity contribution is 7.99. The van der Waals surface area contributed by atoms with Crippen LogP contribution in [0.15, 0.2) is 53.4 Å². The van der Waals surface area contributed by atoms with Crippen LogP contribution in [0, 0.1) is 22.7 Å². The molecule has 0 aliphatic carbocycles. The van der Waals surface area contributed by atoms with Gasteiger partial charge in [-0.15, -0.1) is 11.8 Å². The van der Waals surface area contributed by atoms with Crippen molar-refractivity contribution in [3.05, 3.63) is 54.1 Å². The molecule has 1 N–H and O–H groups in total. The molecule has 2 rings (SSSR count). The molecule has 0 unspecified atom stereocenters. The molecule has 0 saturated heterocycles. The van der Waals surface area contributed by atoms with Crippen LogP contribution in [-0.4, -0.2) is 18.3 Å². The van der Waals surface area contributed by atoms with Gasteiger partial charge < -0.3 is 10.1 Å². The number of hydrogen-bond acceptors (Lipinski definition) is 5. The molecule has 23 heavy (non-hydrogen) atoms. The van der Waals surface area contributed by atoms with Gasteiger partial charge in [-0.2, -0.15) is 10.5 Å². The SMILES string of the molecule is N#CCSc1ccccc1NC(=O)COc1ccc(C#N)cc1. The summed E-state index contributed by atoms with van der Waals surface area (Å²) in [4.78, 5) is 12.8. The van der Waals surface area contributed by atoms with Gasteiger partial charge in [0, 0.05) is 4.90 Å². The molecule has 0 atom stereocenters. The summed E-state index contributed by atoms with van der Waals surface area (Å²) in [5, 5.41) is 20.1. The number of thioether (sulfide) groups is 1. The first-order valence-corrected chi connectivity index (χ1v) is 7.73. The number of amides is 1. The van der Waals surface area contributed by atoms with E-state index >= 15 is 0 Å². The van der Waals surface area contributed by atoms with E-state index in [0.717, 1.165) is 4.90 Å². The molecule has 0 aromatic heterocycles. The molecule has 2 aromatic carbocycles. The van der Waals surface area contributed by atoms with Crippen LogP contribution < -0.4 is 10.1 Å². The van der Waals surface area contributed by atoms with Crippen molar-refractivity contribution in [1.82, 2.24) is 0 Å². The Morgan fingerprint density at radius 2 is 1.87 bits per heavy atom. The number of nitrogens with one attached hydrogen (secondary N) is 1. The van der Waals surface area contributed by atoms with Gasteiger partial charge >= 0.3 is 0 Å². The van der Waals surface area contributed by atoms with Gasteiger partial charge in [0.1, 0.15) is 5.75 Å². The molecule has 6 heteroatoms. The van der Waals surface area contributed by atoms with Gasteiger partial charge in [-0.05, 0) is 36.4 Å². The van der Waals surface area contributed by atoms with E-state index in [2.05, 4.69) is 11.4 Å². The predicted octanol–water partition coefficient (Wildman–Crippen LogP) is 3.19. The Labute approximate surface area is 138 Å². The van der Waals surface area contributed by atoms with Gasteiger partial charge in [0.2, 0.25) is 0 Å². The van der Waals surface area contributed by atoms with Crippen LogP contribution in [0.5, 0.6) is 5.75 Å². The molecule has 1 amide bonds. The first kappa shape index (κ1) is 16.4. The molecule has 5 nitrogen and oxygen atoms in total. The van der Waals surface area contributed by atoms with Gasteiger partial charge in [0.05, 0.1) is 29.1 Å². The third-order valence-electron chi connectivity index (χ3n) is 2.81. The predicted molar refractivity (Wildman–Crippen MR) is 88.1 cm³/mol. The standard InChI is InChI=1S/C17H13N3O2S/c18-9-10-23-16-4-2-1-3-15(16)20-17(21)12-22-14-7-5-13(11-19)6-8-14/h1-8H,10,12H2,(H,20,21). The zero-order valence-corrected chi connectivity index (χ0v) is 13.0. The third-order valence-corrected chi connectivity index (χ3v) is 3.75. The maximum absolute atomic E-state index is 12.0. The molecule has 0 heterocycles. The Balaban J connectivity index is 1.92. The number of nitriles is 2. The summed E-state index contributed by atoms with van der Waals surface area (Å²) in [7, 11) is 0. The lowest BCUT2D eigenvalue weighted by molar-refractivity contribution is -0.118. The number of anilines is 1. The van der Waals surface area contributed by atoms with E-state index in [4.69, 9.17) is 15.3 Å². The van der Waals surface area contributed by atoms with Crippen molar-refractivity contribution in [3.8, 4) is 17.9 Å². The molecule has 114 valence electrons. The molecule has 0 spiro atoms. The Kier molecular flexibility index (Phi) is 6.05. The molecule has 0 aliphatic heterocycles. The van der Waals surface area contributed by atoms with Crippen molar-refractivity contribution in [2.75, 3.05) is 17.7 Å². The number of hydrogen-bond donors (Lipinski definition) is 1. The molecule has 0 saturated carbocycles. The van der Waals surface area contributed by atoms with Gasteiger partial charge in [0.15, 0.2) is 6.61 Å². The summed E-state index contributed by atoms with van der Waals surface area (Å²) in [6.45, 7) is -0.136. The summed E-state index contributed by atoms with van der Waals surface area (Å²) >= 11 is 1.36. The smallest absolute Gasteiger partial charge is 0.262 e. The number of nitrogens with zero attached hydrogens (tertiary/aromatic N) is 2. The van der Waals surface area contributed by atoms with Gasteiger partial charge in [-0.25, -0.2) is 0 Å². The van der Waals surface area contributed by atoms with Crippen molar-refractivity contribution < 1.29 is 9.53 Å². The summed E-state index contributed by atoms with van der Waals surface area (Å²) in [6.07, 6.45) is 0. The summed E-state index contributed by atoms with van der Waals surface area (Å²) in [6, 6.07) is 17.9. The third kappa shape index (κ3) is 5.06. The van der Waals surface area contributed by atoms with E-state index < -0.39 is 0 Å². The van der Waals surface area contributed by atoms with Gasteiger partial charge in [-0.1, -0.05) is 12.1 Å². The van der Waals surface area contributed by atoms with E-state index in [-0.39, 0.29) is 12.5 Å². The molecule has 0 aliphatic rings. The summed E-state index contributed by atoms with van der Waals surface area (Å²) < 4.78 is 5.38. The number of carbonyl (C=O) groups is 1. The summed E-state index contributed by atoms with van der Waals surface area (Å²) in [5.74, 6) is 0.542. The highest BCUT2D eigenvalue weighted by Gasteiger charge is 2.08. The van der Waals surface area contributed by atoms with Crippen LogP contribution in [0.1, 0.15) is 5.56 Å². The van der Waals surface area contributed by atoms with Crippen LogP contribution in [0.4, 0.5) is 5.69 Å². The van der Waals surface area contributed by atoms with Crippen LogP contribution >= 0.6 is 11.8 Å². The lowest BCUT2D eigenvalue weighted by Crippen LogP contribution is -2.20. The Morgan fingerprint density at radius 1 is 1.13 bits per heavy atom. The van der Waals surface area contributed by atoms with Crippen LogP contribution in [0.2, 0.25) is 0 Å². The lowest BCUT2D eigenvalue weighted by Gasteiger charge is -2.10. The van der Waals surface area contributed by atoms with Gasteiger partial charge in [-0.3, -0.25) is 4.79 Å². The van der Waals surface area contributed by atoms with Crippen molar-refractivity contribution in [2.24, 2.45) is 0 Å². The molecule has 0 radical (unpaired) electrons. The largest absolute Gasteiger partial charge is 0.484 e. The van der Waals surface area contributed by atoms with Crippen molar-refractivity contribution in [3.63, 3.8) is 0 Å². The second-order valence-electron chi connectivity index (χ2n) is 4.42. The maximum Gasteiger partial charge on any atom is 0.262 e. The van der Waals surface area contributed by atoms with Crippen LogP contribution in [-0.2, 0) is 4.79 Å². The molecular formula is C17H13N3O2S.